The van der Waals surface area contributed by atoms with E-state index in [1.807, 2.05) is 36.4 Å². The molecule has 7 nitrogen and oxygen atoms in total. The van der Waals surface area contributed by atoms with Crippen LogP contribution in [0.3, 0.4) is 0 Å². The number of hydrogen-bond donors (Lipinski definition) is 2. The molecule has 0 fully saturated rings. The molecule has 4 rings (SSSR count). The molecule has 2 N–H and O–H groups in total. The number of rotatable bonds is 7. The van der Waals surface area contributed by atoms with Gasteiger partial charge in [0.05, 0.1) is 40.4 Å². The summed E-state index contributed by atoms with van der Waals surface area (Å²) in [6.45, 7) is 8.35. The van der Waals surface area contributed by atoms with Crippen LogP contribution in [0.4, 0.5) is 23.1 Å². The predicted molar refractivity (Wildman–Crippen MR) is 151 cm³/mol. The van der Waals surface area contributed by atoms with E-state index in [0.717, 1.165) is 24.1 Å². The molecular weight excluding hydrogens is 490 g/mol. The van der Waals surface area contributed by atoms with Gasteiger partial charge in [0.2, 0.25) is 5.95 Å². The van der Waals surface area contributed by atoms with Crippen molar-refractivity contribution in [3.63, 3.8) is 0 Å². The molecule has 11 heteroatoms. The number of ether oxygens (including phenoxy) is 1. The van der Waals surface area contributed by atoms with Gasteiger partial charge in [0.15, 0.2) is 5.82 Å². The summed E-state index contributed by atoms with van der Waals surface area (Å²) in [6, 6.07) is 11.4. The molecule has 1 aliphatic rings. The van der Waals surface area contributed by atoms with Crippen LogP contribution in [0.1, 0.15) is 25.0 Å². The number of fused-ring (bicyclic) bond motifs is 1. The van der Waals surface area contributed by atoms with Gasteiger partial charge < -0.3 is 24.8 Å². The first-order valence-corrected chi connectivity index (χ1v) is 14.7. The highest BCUT2D eigenvalue weighted by Gasteiger charge is 2.35. The van der Waals surface area contributed by atoms with Crippen LogP contribution in [-0.2, 0) is 16.3 Å². The second-order valence-corrected chi connectivity index (χ2v) is 13.2. The van der Waals surface area contributed by atoms with Crippen molar-refractivity contribution in [2.45, 2.75) is 31.6 Å². The smallest absolute Gasteiger partial charge is 0.229 e. The average Bonchev–Trinajstić information content (AvgIpc) is 2.80. The van der Waals surface area contributed by atoms with E-state index >= 15 is 0 Å². The highest BCUT2D eigenvalue weighted by molar-refractivity contribution is 7.70. The molecule has 0 saturated carbocycles. The first-order valence-electron chi connectivity index (χ1n) is 11.7. The fraction of sp³-hybridized carbons (Fsp3) is 0.360. The Morgan fingerprint density at radius 1 is 1.17 bits per heavy atom. The zero-order chi connectivity index (χ0) is 26.3. The van der Waals surface area contributed by atoms with Gasteiger partial charge in [0, 0.05) is 17.9 Å². The fourth-order valence-corrected chi connectivity index (χ4v) is 5.84. The molecule has 0 saturated heterocycles. The lowest BCUT2D eigenvalue weighted by Crippen LogP contribution is -2.54. The Morgan fingerprint density at radius 2 is 1.89 bits per heavy atom. The predicted octanol–water partition coefficient (Wildman–Crippen LogP) is 4.59. The minimum atomic E-state index is -2.53. The lowest BCUT2D eigenvalue weighted by molar-refractivity contribution is 0.164. The van der Waals surface area contributed by atoms with Crippen LogP contribution in [-0.4, -0.2) is 63.6 Å². The third-order valence-corrected chi connectivity index (χ3v) is 8.13. The van der Waals surface area contributed by atoms with Gasteiger partial charge in [-0.3, -0.25) is 0 Å². The normalized spacial score (nSPS) is 15.4. The molecule has 184 valence electrons. The van der Waals surface area contributed by atoms with Crippen molar-refractivity contribution in [2.24, 2.45) is 0 Å². The maximum Gasteiger partial charge on any atom is 0.229 e. The van der Waals surface area contributed by atoms with E-state index in [2.05, 4.69) is 39.3 Å². The van der Waals surface area contributed by atoms with Crippen molar-refractivity contribution in [3.8, 4) is 5.75 Å². The summed E-state index contributed by atoms with van der Waals surface area (Å²) in [5, 5.41) is 6.34. The van der Waals surface area contributed by atoms with Crippen LogP contribution in [0.5, 0.6) is 5.75 Å². The maximum atomic E-state index is 12.8. The third kappa shape index (κ3) is 5.29. The van der Waals surface area contributed by atoms with Crippen LogP contribution in [0, 0.1) is 0 Å². The number of methoxy groups -OCH3 is 1. The standard InChI is InChI=1S/C25H29B2ClN5O2P/c1-15(2)33-11-10-16-12-21(35-3)20(13-17(16)25(33,26)27)31-24-29-14-18(28)23(32-24)30-19-8-6-7-9-22(19)36(4,5)34/h6-9,12-15H,10-11H2,1-5H3,(H2,29,30,31,32). The number of anilines is 4. The zero-order valence-corrected chi connectivity index (χ0v) is 22.8. The molecule has 0 spiro atoms. The van der Waals surface area contributed by atoms with E-state index in [-0.39, 0.29) is 6.04 Å². The molecule has 36 heavy (non-hydrogen) atoms. The molecule has 0 amide bonds. The monoisotopic (exact) mass is 519 g/mol. The van der Waals surface area contributed by atoms with E-state index < -0.39 is 12.5 Å². The van der Waals surface area contributed by atoms with Crippen molar-refractivity contribution in [1.82, 2.24) is 14.9 Å². The van der Waals surface area contributed by atoms with Crippen LogP contribution in [0.25, 0.3) is 0 Å². The SMILES string of the molecule is [B]C1([B])c2cc(Nc3ncc(Cl)c(Nc4ccccc4P(C)(C)=O)n3)c(OC)cc2CCN1C(C)C. The lowest BCUT2D eigenvalue weighted by Gasteiger charge is -2.48. The molecule has 0 bridgehead atoms. The van der Waals surface area contributed by atoms with Crippen LogP contribution < -0.4 is 20.7 Å². The van der Waals surface area contributed by atoms with Crippen molar-refractivity contribution in [2.75, 3.05) is 37.6 Å². The van der Waals surface area contributed by atoms with Crippen molar-refractivity contribution in [1.29, 1.82) is 0 Å². The highest BCUT2D eigenvalue weighted by Crippen LogP contribution is 2.40. The summed E-state index contributed by atoms with van der Waals surface area (Å²) in [5.41, 5.74) is 3.16. The average molecular weight is 520 g/mol. The minimum Gasteiger partial charge on any atom is -0.495 e. The summed E-state index contributed by atoms with van der Waals surface area (Å²) in [7, 11) is 12.3. The Bertz CT molecular complexity index is 1330. The molecule has 1 aromatic heterocycles. The van der Waals surface area contributed by atoms with Gasteiger partial charge in [-0.05, 0) is 74.3 Å². The molecule has 3 aromatic rings. The molecule has 2 heterocycles. The summed E-state index contributed by atoms with van der Waals surface area (Å²) < 4.78 is 18.4. The van der Waals surface area contributed by atoms with E-state index in [0.29, 0.717) is 39.2 Å². The van der Waals surface area contributed by atoms with Gasteiger partial charge in [0.25, 0.3) is 0 Å². The summed E-state index contributed by atoms with van der Waals surface area (Å²) in [4.78, 5) is 11.0. The van der Waals surface area contributed by atoms with Gasteiger partial charge in [-0.1, -0.05) is 23.7 Å². The summed E-state index contributed by atoms with van der Waals surface area (Å²) >= 11 is 6.40. The van der Waals surface area contributed by atoms with Crippen molar-refractivity contribution in [3.05, 3.63) is 58.7 Å². The Hall–Kier alpha value is -2.47. The zero-order valence-electron chi connectivity index (χ0n) is 21.2. The first-order chi connectivity index (χ1) is 16.9. The number of nitrogens with zero attached hydrogens (tertiary/aromatic N) is 3. The van der Waals surface area contributed by atoms with Crippen LogP contribution >= 0.6 is 18.7 Å². The van der Waals surface area contributed by atoms with Gasteiger partial charge in [0.1, 0.15) is 17.9 Å². The van der Waals surface area contributed by atoms with E-state index in [9.17, 15) is 4.57 Å². The molecule has 1 aliphatic heterocycles. The fourth-order valence-electron chi connectivity index (χ4n) is 4.55. The molecule has 0 atom stereocenters. The van der Waals surface area contributed by atoms with Crippen LogP contribution in [0.15, 0.2) is 42.6 Å². The number of halogens is 1. The number of aromatic nitrogens is 2. The molecule has 4 radical (unpaired) electrons. The van der Waals surface area contributed by atoms with Crippen molar-refractivity contribution < 1.29 is 9.30 Å². The maximum absolute atomic E-state index is 12.8. The second kappa shape index (κ2) is 10.1. The quantitative estimate of drug-likeness (QED) is 0.349. The van der Waals surface area contributed by atoms with Crippen molar-refractivity contribution >= 4 is 62.9 Å². The molecule has 0 unspecified atom stereocenters. The Labute approximate surface area is 220 Å². The number of para-hydroxylation sites is 1. The lowest BCUT2D eigenvalue weighted by atomic mass is 9.54. The largest absolute Gasteiger partial charge is 0.495 e. The number of benzene rings is 2. The molecule has 0 aliphatic carbocycles. The Kier molecular flexibility index (Phi) is 7.47. The van der Waals surface area contributed by atoms with Gasteiger partial charge >= 0.3 is 0 Å². The number of nitrogens with one attached hydrogen (secondary N) is 2. The van der Waals surface area contributed by atoms with Gasteiger partial charge in [-0.25, -0.2) is 4.98 Å². The molecule has 2 aromatic carbocycles. The van der Waals surface area contributed by atoms with Gasteiger partial charge in [-0.15, -0.1) is 0 Å². The van der Waals surface area contributed by atoms with E-state index in [1.54, 1.807) is 20.4 Å². The first kappa shape index (κ1) is 26.6. The van der Waals surface area contributed by atoms with Gasteiger partial charge in [-0.2, -0.15) is 4.98 Å². The second-order valence-electron chi connectivity index (χ2n) is 9.58. The molecular formula is C25H29B2ClN5O2P. The summed E-state index contributed by atoms with van der Waals surface area (Å²) in [6.07, 6.45) is 2.31. The van der Waals surface area contributed by atoms with E-state index in [4.69, 9.17) is 32.0 Å². The van der Waals surface area contributed by atoms with E-state index in [1.165, 1.54) is 6.20 Å². The topological polar surface area (TPSA) is 79.4 Å². The Morgan fingerprint density at radius 3 is 2.56 bits per heavy atom. The summed E-state index contributed by atoms with van der Waals surface area (Å²) in [5.74, 6) is 1.30. The highest BCUT2D eigenvalue weighted by atomic mass is 35.5. The number of hydrogen-bond acceptors (Lipinski definition) is 7. The minimum absolute atomic E-state index is 0.185. The van der Waals surface area contributed by atoms with Crippen LogP contribution in [0.2, 0.25) is 5.02 Å². The third-order valence-electron chi connectivity index (χ3n) is 6.31. The Balaban J connectivity index is 1.69.